The molecule has 1 aliphatic heterocycles. The van der Waals surface area contributed by atoms with E-state index in [0.29, 0.717) is 5.02 Å². The van der Waals surface area contributed by atoms with Crippen LogP contribution in [0.2, 0.25) is 5.02 Å². The second-order valence-electron chi connectivity index (χ2n) is 7.57. The first kappa shape index (κ1) is 20.3. The summed E-state index contributed by atoms with van der Waals surface area (Å²) in [6, 6.07) is 20.9. The van der Waals surface area contributed by atoms with Crippen molar-refractivity contribution in [2.24, 2.45) is 0 Å². The van der Waals surface area contributed by atoms with E-state index < -0.39 is 23.7 Å². The maximum absolute atomic E-state index is 14.3. The van der Waals surface area contributed by atoms with Gasteiger partial charge in [0.1, 0.15) is 11.6 Å². The number of amides is 2. The lowest BCUT2D eigenvalue weighted by molar-refractivity contribution is 0.194. The van der Waals surface area contributed by atoms with Crippen molar-refractivity contribution in [1.82, 2.24) is 9.47 Å². The van der Waals surface area contributed by atoms with E-state index >= 15 is 0 Å². The first-order valence-corrected chi connectivity index (χ1v) is 10.4. The number of anilines is 1. The Labute approximate surface area is 188 Å². The Morgan fingerprint density at radius 3 is 2.56 bits per heavy atom. The van der Waals surface area contributed by atoms with Gasteiger partial charge in [-0.25, -0.2) is 13.6 Å². The molecule has 4 aromatic rings. The van der Waals surface area contributed by atoms with Gasteiger partial charge in [-0.2, -0.15) is 0 Å². The number of fused-ring (bicyclic) bond motifs is 3. The number of carbonyl (C=O) groups is 1. The van der Waals surface area contributed by atoms with Gasteiger partial charge in [-0.3, -0.25) is 0 Å². The first-order chi connectivity index (χ1) is 15.5. The molecular weight excluding hydrogens is 432 g/mol. The lowest BCUT2D eigenvalue weighted by Crippen LogP contribution is -2.38. The monoisotopic (exact) mass is 449 g/mol. The Bertz CT molecular complexity index is 1300. The summed E-state index contributed by atoms with van der Waals surface area (Å²) < 4.78 is 30.0. The van der Waals surface area contributed by atoms with E-state index in [1.54, 1.807) is 17.0 Å². The fourth-order valence-corrected chi connectivity index (χ4v) is 4.24. The number of hydrogen-bond acceptors (Lipinski definition) is 1. The minimum atomic E-state index is -0.707. The zero-order valence-electron chi connectivity index (χ0n) is 16.8. The van der Waals surface area contributed by atoms with E-state index in [1.165, 1.54) is 0 Å². The summed E-state index contributed by atoms with van der Waals surface area (Å²) in [6.45, 7) is 0.272. The molecule has 0 spiro atoms. The van der Waals surface area contributed by atoms with Gasteiger partial charge in [0.2, 0.25) is 0 Å². The fourth-order valence-electron chi connectivity index (χ4n) is 4.12. The van der Waals surface area contributed by atoms with Crippen LogP contribution < -0.4 is 5.32 Å². The van der Waals surface area contributed by atoms with Crippen molar-refractivity contribution in [3.05, 3.63) is 119 Å². The number of benzene rings is 3. The zero-order chi connectivity index (χ0) is 22.2. The lowest BCUT2D eigenvalue weighted by atomic mass is 10.0. The molecule has 7 heteroatoms. The fraction of sp³-hybridized carbons (Fsp3) is 0.0800. The third kappa shape index (κ3) is 3.63. The summed E-state index contributed by atoms with van der Waals surface area (Å²) >= 11 is 6.10. The topological polar surface area (TPSA) is 37.3 Å². The molecule has 0 bridgehead atoms. The van der Waals surface area contributed by atoms with E-state index in [-0.39, 0.29) is 12.2 Å². The van der Waals surface area contributed by atoms with Gasteiger partial charge in [-0.15, -0.1) is 0 Å². The molecule has 2 heterocycles. The number of aromatic nitrogens is 1. The highest BCUT2D eigenvalue weighted by Crippen LogP contribution is 2.37. The van der Waals surface area contributed by atoms with E-state index in [0.717, 1.165) is 40.7 Å². The Hall–Kier alpha value is -3.64. The van der Waals surface area contributed by atoms with E-state index in [2.05, 4.69) is 5.32 Å². The molecule has 160 valence electrons. The van der Waals surface area contributed by atoms with Crippen LogP contribution in [0.5, 0.6) is 0 Å². The van der Waals surface area contributed by atoms with Gasteiger partial charge in [0, 0.05) is 23.0 Å². The normalized spacial score (nSPS) is 15.0. The summed E-state index contributed by atoms with van der Waals surface area (Å²) in [5.74, 6) is -1.34. The molecule has 0 fully saturated rings. The van der Waals surface area contributed by atoms with Gasteiger partial charge in [-0.05, 0) is 53.6 Å². The first-order valence-electron chi connectivity index (χ1n) is 10.0. The van der Waals surface area contributed by atoms with Crippen LogP contribution in [0.1, 0.15) is 22.9 Å². The Morgan fingerprint density at radius 2 is 1.75 bits per heavy atom. The van der Waals surface area contributed by atoms with Crippen LogP contribution in [0, 0.1) is 11.6 Å². The predicted molar refractivity (Wildman–Crippen MR) is 120 cm³/mol. The van der Waals surface area contributed by atoms with Crippen LogP contribution >= 0.6 is 11.6 Å². The number of carbonyl (C=O) groups excluding carboxylic acids is 1. The third-order valence-electron chi connectivity index (χ3n) is 5.58. The quantitative estimate of drug-likeness (QED) is 0.370. The number of rotatable bonds is 2. The minimum absolute atomic E-state index is 0.210. The minimum Gasteiger partial charge on any atom is -0.318 e. The zero-order valence-corrected chi connectivity index (χ0v) is 17.6. The average Bonchev–Trinajstić information content (AvgIpc) is 3.21. The molecule has 2 amide bonds. The number of urea groups is 1. The van der Waals surface area contributed by atoms with Crippen molar-refractivity contribution >= 4 is 23.3 Å². The molecule has 32 heavy (non-hydrogen) atoms. The van der Waals surface area contributed by atoms with Crippen molar-refractivity contribution < 1.29 is 13.6 Å². The Morgan fingerprint density at radius 1 is 0.969 bits per heavy atom. The van der Waals surface area contributed by atoms with Crippen LogP contribution in [0.4, 0.5) is 19.3 Å². The highest BCUT2D eigenvalue weighted by molar-refractivity contribution is 6.30. The number of nitrogens with zero attached hydrogens (tertiary/aromatic N) is 2. The highest BCUT2D eigenvalue weighted by Gasteiger charge is 2.33. The van der Waals surface area contributed by atoms with Gasteiger partial charge >= 0.3 is 6.03 Å². The number of halogens is 3. The van der Waals surface area contributed by atoms with Crippen molar-refractivity contribution in [1.29, 1.82) is 0 Å². The average molecular weight is 450 g/mol. The number of nitrogens with one attached hydrogen (secondary N) is 1. The Kier molecular flexibility index (Phi) is 5.15. The highest BCUT2D eigenvalue weighted by atomic mass is 35.5. The molecule has 1 unspecified atom stereocenters. The molecule has 0 saturated carbocycles. The maximum Gasteiger partial charge on any atom is 0.323 e. The van der Waals surface area contributed by atoms with Crippen molar-refractivity contribution in [3.8, 4) is 5.69 Å². The standard InChI is InChI=1S/C25H18ClF2N3O/c26-18-9-7-16(8-10-18)24-23-6-3-13-30(23)22-5-2-1-4-17(22)15-31(24)25(32)29-21-14-19(27)11-12-20(21)28/h1-14,24H,15H2,(H,29,32). The summed E-state index contributed by atoms with van der Waals surface area (Å²) in [5.41, 5.74) is 3.39. The van der Waals surface area contributed by atoms with Crippen molar-refractivity contribution in [3.63, 3.8) is 0 Å². The van der Waals surface area contributed by atoms with Crippen LogP contribution in [-0.2, 0) is 6.54 Å². The third-order valence-corrected chi connectivity index (χ3v) is 5.83. The van der Waals surface area contributed by atoms with Crippen LogP contribution in [0.25, 0.3) is 5.69 Å². The van der Waals surface area contributed by atoms with Gasteiger partial charge < -0.3 is 14.8 Å². The Balaban J connectivity index is 1.63. The largest absolute Gasteiger partial charge is 0.323 e. The molecule has 0 saturated heterocycles. The molecule has 0 radical (unpaired) electrons. The number of para-hydroxylation sites is 1. The smallest absolute Gasteiger partial charge is 0.318 e. The van der Waals surface area contributed by atoms with Crippen molar-refractivity contribution in [2.45, 2.75) is 12.6 Å². The SMILES string of the molecule is O=C(Nc1cc(F)ccc1F)N1Cc2ccccc2-n2cccc2C1c1ccc(Cl)cc1. The molecule has 1 N–H and O–H groups in total. The molecule has 1 aromatic heterocycles. The summed E-state index contributed by atoms with van der Waals surface area (Å²) in [7, 11) is 0. The lowest BCUT2D eigenvalue weighted by Gasteiger charge is -2.31. The molecule has 5 rings (SSSR count). The van der Waals surface area contributed by atoms with Crippen LogP contribution in [0.3, 0.4) is 0 Å². The molecule has 1 atom stereocenters. The van der Waals surface area contributed by atoms with Gasteiger partial charge in [0.25, 0.3) is 0 Å². The van der Waals surface area contributed by atoms with E-state index in [4.69, 9.17) is 11.6 Å². The van der Waals surface area contributed by atoms with Gasteiger partial charge in [0.05, 0.1) is 24.0 Å². The summed E-state index contributed by atoms with van der Waals surface area (Å²) in [4.78, 5) is 15.1. The second kappa shape index (κ2) is 8.13. The van der Waals surface area contributed by atoms with Gasteiger partial charge in [-0.1, -0.05) is 41.9 Å². The summed E-state index contributed by atoms with van der Waals surface area (Å²) in [6.07, 6.45) is 1.95. The van der Waals surface area contributed by atoms with Crippen LogP contribution in [-0.4, -0.2) is 15.5 Å². The van der Waals surface area contributed by atoms with Crippen molar-refractivity contribution in [2.75, 3.05) is 5.32 Å². The second-order valence-corrected chi connectivity index (χ2v) is 8.00. The molecule has 0 aliphatic carbocycles. The predicted octanol–water partition coefficient (Wildman–Crippen LogP) is 6.55. The van der Waals surface area contributed by atoms with Gasteiger partial charge in [0.15, 0.2) is 0 Å². The van der Waals surface area contributed by atoms with E-state index in [1.807, 2.05) is 59.3 Å². The molecule has 1 aliphatic rings. The van der Waals surface area contributed by atoms with E-state index in [9.17, 15) is 13.6 Å². The number of hydrogen-bond donors (Lipinski definition) is 1. The summed E-state index contributed by atoms with van der Waals surface area (Å²) in [5, 5.41) is 3.13. The molecule has 4 nitrogen and oxygen atoms in total. The maximum atomic E-state index is 14.3. The van der Waals surface area contributed by atoms with Crippen LogP contribution in [0.15, 0.2) is 85.1 Å². The molecular formula is C25H18ClF2N3O. The molecule has 3 aromatic carbocycles.